The van der Waals surface area contributed by atoms with Crippen LogP contribution >= 0.6 is 0 Å². The van der Waals surface area contributed by atoms with Crippen molar-refractivity contribution in [2.24, 2.45) is 0 Å². The fourth-order valence-electron chi connectivity index (χ4n) is 1.37. The zero-order chi connectivity index (χ0) is 9.15. The van der Waals surface area contributed by atoms with Crippen LogP contribution < -0.4 is 0 Å². The highest BCUT2D eigenvalue weighted by Crippen LogP contribution is 2.28. The van der Waals surface area contributed by atoms with Crippen molar-refractivity contribution >= 4 is 0 Å². The summed E-state index contributed by atoms with van der Waals surface area (Å²) in [6, 6.07) is 10.1. The molecule has 0 aromatic heterocycles. The summed E-state index contributed by atoms with van der Waals surface area (Å²) in [5.74, 6) is 0. The van der Waals surface area contributed by atoms with Crippen LogP contribution in [-0.2, 0) is 15.1 Å². The fraction of sp³-hybridized carbons (Fsp3) is 0.273. The average molecular weight is 176 g/mol. The van der Waals surface area contributed by atoms with Crippen molar-refractivity contribution in [1.29, 1.82) is 0 Å². The largest absolute Gasteiger partial charge is 0.475 e. The lowest BCUT2D eigenvalue weighted by molar-refractivity contribution is -0.110. The molecule has 0 amide bonds. The second-order valence-electron chi connectivity index (χ2n) is 3.20. The van der Waals surface area contributed by atoms with Crippen LogP contribution in [0.3, 0.4) is 0 Å². The van der Waals surface area contributed by atoms with E-state index >= 15 is 0 Å². The summed E-state index contributed by atoms with van der Waals surface area (Å²) in [6.45, 7) is 2.35. The van der Waals surface area contributed by atoms with Gasteiger partial charge in [-0.25, -0.2) is 0 Å². The summed E-state index contributed by atoms with van der Waals surface area (Å²) in [6.07, 6.45) is 3.61. The number of benzene rings is 1. The molecule has 0 radical (unpaired) electrons. The van der Waals surface area contributed by atoms with Gasteiger partial charge in [0, 0.05) is 0 Å². The van der Waals surface area contributed by atoms with Gasteiger partial charge < -0.3 is 9.47 Å². The first-order valence-corrected chi connectivity index (χ1v) is 4.30. The molecule has 2 nitrogen and oxygen atoms in total. The average Bonchev–Trinajstić information content (AvgIpc) is 2.20. The molecule has 2 heteroatoms. The molecule has 0 N–H and O–H groups in total. The van der Waals surface area contributed by atoms with Gasteiger partial charge in [0.25, 0.3) is 0 Å². The number of rotatable bonds is 1. The smallest absolute Gasteiger partial charge is 0.189 e. The van der Waals surface area contributed by atoms with Gasteiger partial charge in [-0.2, -0.15) is 0 Å². The van der Waals surface area contributed by atoms with Gasteiger partial charge in [-0.05, 0) is 18.6 Å². The maximum Gasteiger partial charge on any atom is 0.189 e. The van der Waals surface area contributed by atoms with E-state index in [0.717, 1.165) is 5.56 Å². The molecule has 0 fully saturated rings. The van der Waals surface area contributed by atoms with Crippen LogP contribution in [0, 0.1) is 0 Å². The highest BCUT2D eigenvalue weighted by molar-refractivity contribution is 5.26. The van der Waals surface area contributed by atoms with Crippen LogP contribution in [0.25, 0.3) is 0 Å². The van der Waals surface area contributed by atoms with Crippen molar-refractivity contribution in [2.45, 2.75) is 12.5 Å². The van der Waals surface area contributed by atoms with E-state index in [1.807, 2.05) is 31.2 Å². The van der Waals surface area contributed by atoms with Crippen molar-refractivity contribution in [3.63, 3.8) is 0 Å². The molecule has 1 aliphatic heterocycles. The molecule has 0 saturated carbocycles. The van der Waals surface area contributed by atoms with Crippen LogP contribution in [0.15, 0.2) is 42.7 Å². The van der Waals surface area contributed by atoms with E-state index in [4.69, 9.17) is 9.47 Å². The zero-order valence-corrected chi connectivity index (χ0v) is 7.57. The quantitative estimate of drug-likeness (QED) is 0.654. The third-order valence-electron chi connectivity index (χ3n) is 2.26. The van der Waals surface area contributed by atoms with Crippen molar-refractivity contribution < 1.29 is 9.47 Å². The summed E-state index contributed by atoms with van der Waals surface area (Å²) in [5, 5.41) is 0. The fourth-order valence-corrected chi connectivity index (χ4v) is 1.37. The van der Waals surface area contributed by atoms with Crippen LogP contribution in [0.4, 0.5) is 0 Å². The Hall–Kier alpha value is -1.28. The molecule has 68 valence electrons. The van der Waals surface area contributed by atoms with E-state index in [1.54, 1.807) is 6.26 Å². The van der Waals surface area contributed by atoms with Gasteiger partial charge in [0.05, 0.1) is 6.26 Å². The minimum Gasteiger partial charge on any atom is -0.475 e. The van der Waals surface area contributed by atoms with Crippen molar-refractivity contribution in [2.75, 3.05) is 6.79 Å². The number of hydrogen-bond donors (Lipinski definition) is 0. The second kappa shape index (κ2) is 3.23. The minimum absolute atomic E-state index is 0.321. The predicted octanol–water partition coefficient (Wildman–Crippen LogP) is 2.42. The molecule has 1 heterocycles. The molecular weight excluding hydrogens is 164 g/mol. The summed E-state index contributed by atoms with van der Waals surface area (Å²) in [5.41, 5.74) is 0.814. The molecule has 1 atom stereocenters. The van der Waals surface area contributed by atoms with E-state index < -0.39 is 0 Å². The van der Waals surface area contributed by atoms with E-state index in [9.17, 15) is 0 Å². The minimum atomic E-state index is -0.334. The standard InChI is InChI=1S/C11H12O2/c1-11(7-8-12-9-13-11)10-5-3-2-4-6-10/h2-8H,9H2,1H3. The van der Waals surface area contributed by atoms with Gasteiger partial charge in [-0.3, -0.25) is 0 Å². The van der Waals surface area contributed by atoms with Crippen molar-refractivity contribution in [3.8, 4) is 0 Å². The first-order valence-electron chi connectivity index (χ1n) is 4.30. The molecule has 1 unspecified atom stereocenters. The Balaban J connectivity index is 2.34. The summed E-state index contributed by atoms with van der Waals surface area (Å²) < 4.78 is 10.5. The number of ether oxygens (including phenoxy) is 2. The molecule has 1 aliphatic rings. The van der Waals surface area contributed by atoms with Crippen LogP contribution in [0.2, 0.25) is 0 Å². The van der Waals surface area contributed by atoms with Crippen molar-refractivity contribution in [3.05, 3.63) is 48.2 Å². The van der Waals surface area contributed by atoms with E-state index in [1.165, 1.54) is 0 Å². The Kier molecular flexibility index (Phi) is 2.07. The molecule has 1 aromatic rings. The molecule has 2 rings (SSSR count). The van der Waals surface area contributed by atoms with Gasteiger partial charge in [-0.15, -0.1) is 0 Å². The molecule has 1 aromatic carbocycles. The summed E-state index contributed by atoms with van der Waals surface area (Å²) in [7, 11) is 0. The van der Waals surface area contributed by atoms with E-state index in [-0.39, 0.29) is 5.60 Å². The molecule has 0 saturated heterocycles. The van der Waals surface area contributed by atoms with Crippen LogP contribution in [0.1, 0.15) is 12.5 Å². The van der Waals surface area contributed by atoms with Gasteiger partial charge in [-0.1, -0.05) is 30.3 Å². The summed E-state index contributed by atoms with van der Waals surface area (Å²) >= 11 is 0. The Labute approximate surface area is 77.8 Å². The maximum absolute atomic E-state index is 5.54. The van der Waals surface area contributed by atoms with Gasteiger partial charge >= 0.3 is 0 Å². The molecular formula is C11H12O2. The topological polar surface area (TPSA) is 18.5 Å². The maximum atomic E-state index is 5.54. The Bertz CT molecular complexity index is 305. The van der Waals surface area contributed by atoms with Gasteiger partial charge in [0.15, 0.2) is 6.79 Å². The third-order valence-corrected chi connectivity index (χ3v) is 2.26. The Morgan fingerprint density at radius 3 is 2.62 bits per heavy atom. The van der Waals surface area contributed by atoms with Gasteiger partial charge in [0.2, 0.25) is 0 Å². The first-order chi connectivity index (χ1) is 6.31. The molecule has 13 heavy (non-hydrogen) atoms. The lowest BCUT2D eigenvalue weighted by Gasteiger charge is -2.29. The van der Waals surface area contributed by atoms with E-state index in [0.29, 0.717) is 6.79 Å². The zero-order valence-electron chi connectivity index (χ0n) is 7.57. The number of hydrogen-bond acceptors (Lipinski definition) is 2. The summed E-state index contributed by atoms with van der Waals surface area (Å²) in [4.78, 5) is 0. The second-order valence-corrected chi connectivity index (χ2v) is 3.20. The van der Waals surface area contributed by atoms with E-state index in [2.05, 4.69) is 12.1 Å². The normalized spacial score (nSPS) is 26.8. The monoisotopic (exact) mass is 176 g/mol. The molecule has 0 aliphatic carbocycles. The highest BCUT2D eigenvalue weighted by Gasteiger charge is 2.26. The first kappa shape index (κ1) is 8.32. The lowest BCUT2D eigenvalue weighted by atomic mass is 9.96. The third kappa shape index (κ3) is 1.58. The Morgan fingerprint density at radius 1 is 1.23 bits per heavy atom. The lowest BCUT2D eigenvalue weighted by Crippen LogP contribution is -2.27. The van der Waals surface area contributed by atoms with Crippen LogP contribution in [-0.4, -0.2) is 6.79 Å². The Morgan fingerprint density at radius 2 is 2.00 bits per heavy atom. The van der Waals surface area contributed by atoms with Crippen LogP contribution in [0.5, 0.6) is 0 Å². The predicted molar refractivity (Wildman–Crippen MR) is 50.0 cm³/mol. The molecule has 0 spiro atoms. The molecule has 0 bridgehead atoms. The highest BCUT2D eigenvalue weighted by atomic mass is 16.7. The SMILES string of the molecule is CC1(c2ccccc2)C=COCO1. The van der Waals surface area contributed by atoms with Crippen molar-refractivity contribution in [1.82, 2.24) is 0 Å². The van der Waals surface area contributed by atoms with Gasteiger partial charge in [0.1, 0.15) is 5.60 Å².